The predicted molar refractivity (Wildman–Crippen MR) is 65.1 cm³/mol. The van der Waals surface area contributed by atoms with Crippen LogP contribution in [0.1, 0.15) is 18.9 Å². The average molecular weight is 251 g/mol. The van der Waals surface area contributed by atoms with Gasteiger partial charge in [-0.15, -0.1) is 0 Å². The molecule has 1 atom stereocenters. The molecule has 0 radical (unpaired) electrons. The molecule has 98 valence electrons. The van der Waals surface area contributed by atoms with Gasteiger partial charge < -0.3 is 5.11 Å². The van der Waals surface area contributed by atoms with Crippen LogP contribution in [-0.2, 0) is 16.0 Å². The fourth-order valence-electron chi connectivity index (χ4n) is 1.62. The molecule has 1 aromatic carbocycles. The maximum atomic E-state index is 11.2. The first kappa shape index (κ1) is 14.2. The summed E-state index contributed by atoms with van der Waals surface area (Å²) < 4.78 is 0. The van der Waals surface area contributed by atoms with Gasteiger partial charge in [0.2, 0.25) is 5.91 Å². The molecule has 5 nitrogen and oxygen atoms in total. The van der Waals surface area contributed by atoms with Crippen molar-refractivity contribution in [2.75, 3.05) is 6.54 Å². The highest BCUT2D eigenvalue weighted by atomic mass is 16.5. The minimum atomic E-state index is -1.03. The van der Waals surface area contributed by atoms with Crippen LogP contribution in [0.3, 0.4) is 0 Å². The van der Waals surface area contributed by atoms with Crippen LogP contribution in [0.15, 0.2) is 30.3 Å². The van der Waals surface area contributed by atoms with E-state index in [0.717, 1.165) is 5.56 Å². The van der Waals surface area contributed by atoms with Crippen molar-refractivity contribution in [3.63, 3.8) is 0 Å². The SMILES string of the molecule is CCC(=O)N(O)CC(Cc1ccccc1)C(=O)O. The Kier molecular flexibility index (Phi) is 5.32. The van der Waals surface area contributed by atoms with Crippen LogP contribution in [0, 0.1) is 5.92 Å². The molecule has 0 aliphatic carbocycles. The molecule has 0 fully saturated rings. The Morgan fingerprint density at radius 3 is 2.39 bits per heavy atom. The van der Waals surface area contributed by atoms with Gasteiger partial charge >= 0.3 is 5.97 Å². The van der Waals surface area contributed by atoms with Gasteiger partial charge in [-0.05, 0) is 12.0 Å². The predicted octanol–water partition coefficient (Wildman–Crippen LogP) is 1.56. The summed E-state index contributed by atoms with van der Waals surface area (Å²) in [6.07, 6.45) is 0.429. The summed E-state index contributed by atoms with van der Waals surface area (Å²) in [5.41, 5.74) is 0.863. The highest BCUT2D eigenvalue weighted by Gasteiger charge is 2.22. The van der Waals surface area contributed by atoms with Gasteiger partial charge in [-0.1, -0.05) is 37.3 Å². The molecule has 18 heavy (non-hydrogen) atoms. The van der Waals surface area contributed by atoms with Crippen molar-refractivity contribution in [3.05, 3.63) is 35.9 Å². The van der Waals surface area contributed by atoms with Crippen molar-refractivity contribution < 1.29 is 19.9 Å². The van der Waals surface area contributed by atoms with Gasteiger partial charge in [0.05, 0.1) is 12.5 Å². The fourth-order valence-corrected chi connectivity index (χ4v) is 1.62. The lowest BCUT2D eigenvalue weighted by molar-refractivity contribution is -0.170. The summed E-state index contributed by atoms with van der Waals surface area (Å²) >= 11 is 0. The molecule has 0 aromatic heterocycles. The highest BCUT2D eigenvalue weighted by Crippen LogP contribution is 2.11. The molecule has 0 aliphatic heterocycles. The van der Waals surface area contributed by atoms with Crippen LogP contribution < -0.4 is 0 Å². The summed E-state index contributed by atoms with van der Waals surface area (Å²) in [7, 11) is 0. The Hall–Kier alpha value is -1.88. The van der Waals surface area contributed by atoms with Crippen molar-refractivity contribution in [3.8, 4) is 0 Å². The van der Waals surface area contributed by atoms with Crippen LogP contribution in [-0.4, -0.2) is 33.8 Å². The molecule has 5 heteroatoms. The van der Waals surface area contributed by atoms with Crippen molar-refractivity contribution in [2.45, 2.75) is 19.8 Å². The monoisotopic (exact) mass is 251 g/mol. The highest BCUT2D eigenvalue weighted by molar-refractivity contribution is 5.76. The zero-order chi connectivity index (χ0) is 13.5. The number of hydrogen-bond donors (Lipinski definition) is 2. The Bertz CT molecular complexity index is 405. The minimum Gasteiger partial charge on any atom is -0.481 e. The number of carboxylic acids is 1. The van der Waals surface area contributed by atoms with Crippen molar-refractivity contribution in [2.24, 2.45) is 5.92 Å². The first-order valence-electron chi connectivity index (χ1n) is 5.80. The molecule has 0 aliphatic rings. The molecule has 0 saturated carbocycles. The largest absolute Gasteiger partial charge is 0.481 e. The zero-order valence-electron chi connectivity index (χ0n) is 10.2. The lowest BCUT2D eigenvalue weighted by Gasteiger charge is -2.19. The topological polar surface area (TPSA) is 77.8 Å². The number of nitrogens with zero attached hydrogens (tertiary/aromatic N) is 1. The molecule has 2 N–H and O–H groups in total. The summed E-state index contributed by atoms with van der Waals surface area (Å²) in [6, 6.07) is 9.13. The average Bonchev–Trinajstić information content (AvgIpc) is 2.37. The van der Waals surface area contributed by atoms with E-state index in [1.165, 1.54) is 0 Å². The first-order valence-corrected chi connectivity index (χ1v) is 5.80. The number of carboxylic acid groups (broad SMARTS) is 1. The standard InChI is InChI=1S/C13H17NO4/c1-2-12(15)14(18)9-11(13(16)17)8-10-6-4-3-5-7-10/h3-7,11,18H,2,8-9H2,1H3,(H,16,17). The van der Waals surface area contributed by atoms with Gasteiger partial charge in [0.15, 0.2) is 0 Å². The maximum absolute atomic E-state index is 11.2. The molecule has 0 bridgehead atoms. The van der Waals surface area contributed by atoms with Crippen LogP contribution in [0.4, 0.5) is 0 Å². The normalized spacial score (nSPS) is 11.9. The van der Waals surface area contributed by atoms with Crippen LogP contribution in [0.5, 0.6) is 0 Å². The van der Waals surface area contributed by atoms with E-state index in [9.17, 15) is 14.8 Å². The van der Waals surface area contributed by atoms with E-state index in [1.54, 1.807) is 6.92 Å². The maximum Gasteiger partial charge on any atom is 0.308 e. The number of aliphatic carboxylic acids is 1. The number of hydroxylamine groups is 2. The van der Waals surface area contributed by atoms with Gasteiger partial charge in [-0.2, -0.15) is 0 Å². The van der Waals surface area contributed by atoms with Crippen LogP contribution in [0.25, 0.3) is 0 Å². The van der Waals surface area contributed by atoms with Crippen molar-refractivity contribution in [1.82, 2.24) is 5.06 Å². The van der Waals surface area contributed by atoms with Gasteiger partial charge in [0.1, 0.15) is 0 Å². The lowest BCUT2D eigenvalue weighted by atomic mass is 9.99. The van der Waals surface area contributed by atoms with Gasteiger partial charge in [0, 0.05) is 6.42 Å². The number of hydrogen-bond acceptors (Lipinski definition) is 3. The Morgan fingerprint density at radius 1 is 1.28 bits per heavy atom. The van der Waals surface area contributed by atoms with Crippen molar-refractivity contribution in [1.29, 1.82) is 0 Å². The molecule has 0 saturated heterocycles. The molecule has 1 rings (SSSR count). The van der Waals surface area contributed by atoms with E-state index in [0.29, 0.717) is 5.06 Å². The molecule has 1 aromatic rings. The zero-order valence-corrected chi connectivity index (χ0v) is 10.2. The second-order valence-electron chi connectivity index (χ2n) is 4.05. The summed E-state index contributed by atoms with van der Waals surface area (Å²) in [4.78, 5) is 22.3. The quantitative estimate of drug-likeness (QED) is 0.594. The van der Waals surface area contributed by atoms with Gasteiger partial charge in [0.25, 0.3) is 0 Å². The van der Waals surface area contributed by atoms with E-state index in [-0.39, 0.29) is 19.4 Å². The van der Waals surface area contributed by atoms with E-state index in [4.69, 9.17) is 5.11 Å². The summed E-state index contributed by atoms with van der Waals surface area (Å²) in [6.45, 7) is 1.41. The van der Waals surface area contributed by atoms with Crippen molar-refractivity contribution >= 4 is 11.9 Å². The second-order valence-corrected chi connectivity index (χ2v) is 4.05. The van der Waals surface area contributed by atoms with E-state index in [1.807, 2.05) is 30.3 Å². The summed E-state index contributed by atoms with van der Waals surface area (Å²) in [5.74, 6) is -2.32. The van der Waals surface area contributed by atoms with E-state index >= 15 is 0 Å². The fraction of sp³-hybridized carbons (Fsp3) is 0.385. The Morgan fingerprint density at radius 2 is 1.89 bits per heavy atom. The number of carbonyl (C=O) groups excluding carboxylic acids is 1. The lowest BCUT2D eigenvalue weighted by Crippen LogP contribution is -2.36. The first-order chi connectivity index (χ1) is 8.54. The number of benzene rings is 1. The molecular formula is C13H17NO4. The molecular weight excluding hydrogens is 234 g/mol. The Labute approximate surface area is 106 Å². The molecule has 0 heterocycles. The molecule has 0 spiro atoms. The third-order valence-corrected chi connectivity index (χ3v) is 2.66. The third-order valence-electron chi connectivity index (χ3n) is 2.66. The second kappa shape index (κ2) is 6.76. The van der Waals surface area contributed by atoms with Crippen LogP contribution in [0.2, 0.25) is 0 Å². The number of carbonyl (C=O) groups is 2. The third kappa shape index (κ3) is 4.18. The minimum absolute atomic E-state index is 0.147. The van der Waals surface area contributed by atoms with E-state index in [2.05, 4.69) is 0 Å². The number of amides is 1. The van der Waals surface area contributed by atoms with Gasteiger partial charge in [-0.25, -0.2) is 5.06 Å². The van der Waals surface area contributed by atoms with E-state index < -0.39 is 17.8 Å². The molecule has 1 amide bonds. The van der Waals surface area contributed by atoms with Crippen LogP contribution >= 0.6 is 0 Å². The Balaban J connectivity index is 2.67. The summed E-state index contributed by atoms with van der Waals surface area (Å²) in [5, 5.41) is 19.0. The van der Waals surface area contributed by atoms with Gasteiger partial charge in [-0.3, -0.25) is 14.8 Å². The number of rotatable bonds is 6. The smallest absolute Gasteiger partial charge is 0.308 e. The molecule has 1 unspecified atom stereocenters.